The fourth-order valence-electron chi connectivity index (χ4n) is 2.71. The summed E-state index contributed by atoms with van der Waals surface area (Å²) in [7, 11) is 0. The number of rotatable bonds is 8. The molecule has 0 bridgehead atoms. The Kier molecular flexibility index (Phi) is 6.43. The van der Waals surface area contributed by atoms with E-state index in [4.69, 9.17) is 9.15 Å². The van der Waals surface area contributed by atoms with E-state index in [1.165, 1.54) is 0 Å². The normalized spacial score (nSPS) is 10.9. The van der Waals surface area contributed by atoms with Crippen LogP contribution in [-0.4, -0.2) is 33.2 Å². The van der Waals surface area contributed by atoms with Crippen molar-refractivity contribution < 1.29 is 18.7 Å². The molecule has 0 unspecified atom stereocenters. The number of esters is 1. The number of hydrogen-bond acceptors (Lipinski definition) is 6. The van der Waals surface area contributed by atoms with Gasteiger partial charge in [-0.3, -0.25) is 9.59 Å². The minimum absolute atomic E-state index is 0.0745. The van der Waals surface area contributed by atoms with Gasteiger partial charge in [0, 0.05) is 24.1 Å². The molecule has 152 valence electrons. The number of benzene rings is 1. The molecule has 0 fully saturated rings. The average molecular weight is 396 g/mol. The first-order valence-electron chi connectivity index (χ1n) is 9.43. The van der Waals surface area contributed by atoms with Crippen LogP contribution in [0.5, 0.6) is 0 Å². The second-order valence-electron chi connectivity index (χ2n) is 6.95. The molecule has 8 nitrogen and oxygen atoms in total. The molecule has 0 spiro atoms. The molecule has 0 aliphatic heterocycles. The van der Waals surface area contributed by atoms with Crippen LogP contribution < -0.4 is 5.32 Å². The van der Waals surface area contributed by atoms with Crippen LogP contribution >= 0.6 is 0 Å². The predicted octanol–water partition coefficient (Wildman–Crippen LogP) is 3.54. The molecule has 8 heteroatoms. The van der Waals surface area contributed by atoms with E-state index in [1.807, 2.05) is 45.0 Å². The molecule has 0 radical (unpaired) electrons. The molecule has 1 aromatic carbocycles. The second-order valence-corrected chi connectivity index (χ2v) is 6.95. The van der Waals surface area contributed by atoms with Gasteiger partial charge >= 0.3 is 5.97 Å². The molecule has 1 N–H and O–H groups in total. The van der Waals surface area contributed by atoms with Gasteiger partial charge < -0.3 is 14.5 Å². The van der Waals surface area contributed by atoms with Gasteiger partial charge in [-0.05, 0) is 20.8 Å². The molecule has 0 saturated heterocycles. The number of amides is 1. The van der Waals surface area contributed by atoms with E-state index < -0.39 is 11.9 Å². The summed E-state index contributed by atoms with van der Waals surface area (Å²) in [6, 6.07) is 9.69. The molecule has 3 aromatic rings. The Morgan fingerprint density at radius 1 is 1.21 bits per heavy atom. The molecule has 2 heterocycles. The van der Waals surface area contributed by atoms with E-state index in [9.17, 15) is 9.59 Å². The summed E-state index contributed by atoms with van der Waals surface area (Å²) in [5.41, 5.74) is 2.09. The van der Waals surface area contributed by atoms with Crippen molar-refractivity contribution in [3.8, 4) is 11.3 Å². The number of nitrogens with one attached hydrogen (secondary N) is 1. The molecule has 2 aromatic heterocycles. The Balaban J connectivity index is 1.44. The lowest BCUT2D eigenvalue weighted by molar-refractivity contribution is -0.147. The van der Waals surface area contributed by atoms with Gasteiger partial charge in [0.15, 0.2) is 18.3 Å². The number of hydrogen-bond donors (Lipinski definition) is 1. The summed E-state index contributed by atoms with van der Waals surface area (Å²) in [4.78, 5) is 28.1. The maximum Gasteiger partial charge on any atom is 0.306 e. The fourth-order valence-corrected chi connectivity index (χ4v) is 2.71. The zero-order valence-electron chi connectivity index (χ0n) is 16.7. The summed E-state index contributed by atoms with van der Waals surface area (Å²) < 4.78 is 12.4. The van der Waals surface area contributed by atoms with E-state index in [1.54, 1.807) is 23.1 Å². The van der Waals surface area contributed by atoms with Gasteiger partial charge in [-0.2, -0.15) is 5.10 Å². The van der Waals surface area contributed by atoms with Crippen molar-refractivity contribution >= 4 is 17.7 Å². The molecule has 0 aliphatic rings. The first-order valence-corrected chi connectivity index (χ1v) is 9.43. The average Bonchev–Trinajstić information content (AvgIpc) is 3.35. The van der Waals surface area contributed by atoms with Crippen molar-refractivity contribution in [2.24, 2.45) is 0 Å². The van der Waals surface area contributed by atoms with E-state index in [0.29, 0.717) is 23.9 Å². The number of aryl methyl sites for hydroxylation is 2. The zero-order chi connectivity index (χ0) is 20.8. The van der Waals surface area contributed by atoms with Crippen LogP contribution in [0.25, 0.3) is 11.3 Å². The van der Waals surface area contributed by atoms with Gasteiger partial charge in [0.25, 0.3) is 5.91 Å². The van der Waals surface area contributed by atoms with Crippen molar-refractivity contribution in [2.45, 2.75) is 39.7 Å². The summed E-state index contributed by atoms with van der Waals surface area (Å²) in [6.07, 6.45) is 3.61. The van der Waals surface area contributed by atoms with E-state index >= 15 is 0 Å². The van der Waals surface area contributed by atoms with E-state index in [0.717, 1.165) is 11.1 Å². The summed E-state index contributed by atoms with van der Waals surface area (Å²) in [5, 5.41) is 6.81. The van der Waals surface area contributed by atoms with Crippen molar-refractivity contribution in [1.82, 2.24) is 14.8 Å². The largest absolute Gasteiger partial charge is 0.456 e. The maximum atomic E-state index is 12.0. The van der Waals surface area contributed by atoms with Gasteiger partial charge in [-0.25, -0.2) is 9.67 Å². The van der Waals surface area contributed by atoms with Crippen LogP contribution in [0, 0.1) is 6.92 Å². The highest BCUT2D eigenvalue weighted by atomic mass is 16.5. The van der Waals surface area contributed by atoms with Gasteiger partial charge in [-0.15, -0.1) is 0 Å². The molecule has 1 amide bonds. The van der Waals surface area contributed by atoms with Crippen LogP contribution in [0.4, 0.5) is 5.82 Å². The third-order valence-electron chi connectivity index (χ3n) is 4.22. The lowest BCUT2D eigenvalue weighted by Crippen LogP contribution is -2.23. The smallest absolute Gasteiger partial charge is 0.306 e. The maximum absolute atomic E-state index is 12.0. The van der Waals surface area contributed by atoms with Gasteiger partial charge in [0.05, 0.1) is 18.8 Å². The van der Waals surface area contributed by atoms with E-state index in [-0.39, 0.29) is 19.1 Å². The third kappa shape index (κ3) is 5.54. The Morgan fingerprint density at radius 3 is 2.69 bits per heavy atom. The number of carbonyl (C=O) groups is 2. The lowest BCUT2D eigenvalue weighted by atomic mass is 10.1. The minimum Gasteiger partial charge on any atom is -0.456 e. The highest BCUT2D eigenvalue weighted by Crippen LogP contribution is 2.21. The Hall–Kier alpha value is -3.42. The highest BCUT2D eigenvalue weighted by Gasteiger charge is 2.13. The minimum atomic E-state index is -0.493. The monoisotopic (exact) mass is 396 g/mol. The predicted molar refractivity (Wildman–Crippen MR) is 107 cm³/mol. The van der Waals surface area contributed by atoms with E-state index in [2.05, 4.69) is 15.4 Å². The summed E-state index contributed by atoms with van der Waals surface area (Å²) >= 11 is 0. The standard InChI is InChI=1S/C21H24N4O4/c1-14(2)25-18(10-11-23-25)24-19(26)13-28-21(27)9-8-20-22-12-17(29-20)16-6-4-15(3)5-7-16/h4-7,10-12,14H,8-9,13H2,1-3H3,(H,24,26). The Bertz CT molecular complexity index is 973. The Morgan fingerprint density at radius 2 is 1.97 bits per heavy atom. The number of aromatic nitrogens is 3. The van der Waals surface area contributed by atoms with Gasteiger partial charge in [-0.1, -0.05) is 29.8 Å². The molecule has 0 aliphatic carbocycles. The van der Waals surface area contributed by atoms with Crippen LogP contribution in [-0.2, 0) is 20.7 Å². The second kappa shape index (κ2) is 9.18. The summed E-state index contributed by atoms with van der Waals surface area (Å²) in [6.45, 7) is 5.56. The molecular formula is C21H24N4O4. The van der Waals surface area contributed by atoms with Gasteiger partial charge in [0.1, 0.15) is 5.82 Å². The molecule has 29 heavy (non-hydrogen) atoms. The number of anilines is 1. The molecule has 3 rings (SSSR count). The van der Waals surface area contributed by atoms with Crippen LogP contribution in [0.3, 0.4) is 0 Å². The first-order chi connectivity index (χ1) is 13.9. The fraction of sp³-hybridized carbons (Fsp3) is 0.333. The van der Waals surface area contributed by atoms with Crippen LogP contribution in [0.2, 0.25) is 0 Å². The number of nitrogens with zero attached hydrogens (tertiary/aromatic N) is 3. The quantitative estimate of drug-likeness (QED) is 0.585. The van der Waals surface area contributed by atoms with Crippen molar-refractivity contribution in [3.63, 3.8) is 0 Å². The van der Waals surface area contributed by atoms with Crippen LogP contribution in [0.15, 0.2) is 47.1 Å². The van der Waals surface area contributed by atoms with Crippen LogP contribution in [0.1, 0.15) is 37.8 Å². The number of ether oxygens (including phenoxy) is 1. The summed E-state index contributed by atoms with van der Waals surface area (Å²) in [5.74, 6) is 0.743. The third-order valence-corrected chi connectivity index (χ3v) is 4.22. The van der Waals surface area contributed by atoms with Crippen molar-refractivity contribution in [2.75, 3.05) is 11.9 Å². The van der Waals surface area contributed by atoms with Crippen molar-refractivity contribution in [3.05, 3.63) is 54.2 Å². The molecule has 0 atom stereocenters. The molecular weight excluding hydrogens is 372 g/mol. The lowest BCUT2D eigenvalue weighted by Gasteiger charge is -2.11. The van der Waals surface area contributed by atoms with Crippen molar-refractivity contribution in [1.29, 1.82) is 0 Å². The SMILES string of the molecule is Cc1ccc(-c2cnc(CCC(=O)OCC(=O)Nc3ccnn3C(C)C)o2)cc1. The number of carbonyl (C=O) groups excluding carboxylic acids is 2. The van der Waals surface area contributed by atoms with Gasteiger partial charge in [0.2, 0.25) is 0 Å². The number of oxazole rings is 1. The highest BCUT2D eigenvalue weighted by molar-refractivity contribution is 5.92. The topological polar surface area (TPSA) is 99.2 Å². The zero-order valence-corrected chi connectivity index (χ0v) is 16.7. The molecule has 0 saturated carbocycles. The Labute approximate surface area is 168 Å². The first kappa shape index (κ1) is 20.3.